The molecule has 2 heterocycles. The van der Waals surface area contributed by atoms with Gasteiger partial charge in [-0.15, -0.1) is 0 Å². The Morgan fingerprint density at radius 3 is 2.44 bits per heavy atom. The Morgan fingerprint density at radius 2 is 1.81 bits per heavy atom. The molecular weight excluding hydrogens is 407 g/mol. The van der Waals surface area contributed by atoms with E-state index in [1.54, 1.807) is 24.3 Å². The first-order valence-electron chi connectivity index (χ1n) is 11.3. The maximum atomic E-state index is 13.4. The van der Waals surface area contributed by atoms with E-state index in [9.17, 15) is 14.0 Å². The number of nitrogens with zero attached hydrogens (tertiary/aromatic N) is 3. The number of benzene rings is 1. The second kappa shape index (κ2) is 9.36. The first-order valence-corrected chi connectivity index (χ1v) is 11.3. The minimum atomic E-state index is -0.342. The van der Waals surface area contributed by atoms with Gasteiger partial charge in [-0.25, -0.2) is 4.39 Å². The molecule has 1 aliphatic carbocycles. The summed E-state index contributed by atoms with van der Waals surface area (Å²) >= 11 is 0. The van der Waals surface area contributed by atoms with Crippen molar-refractivity contribution in [2.45, 2.75) is 38.6 Å². The molecule has 0 bridgehead atoms. The van der Waals surface area contributed by atoms with Crippen molar-refractivity contribution in [3.05, 3.63) is 54.0 Å². The Kier molecular flexibility index (Phi) is 6.55. The molecule has 32 heavy (non-hydrogen) atoms. The molecule has 2 amide bonds. The number of amides is 2. The number of halogens is 1. The molecule has 0 unspecified atom stereocenters. The van der Waals surface area contributed by atoms with Crippen molar-refractivity contribution in [2.24, 2.45) is 5.41 Å². The van der Waals surface area contributed by atoms with Crippen LogP contribution < -0.4 is 5.32 Å². The fourth-order valence-electron chi connectivity index (χ4n) is 4.62. The van der Waals surface area contributed by atoms with E-state index in [1.807, 2.05) is 4.90 Å². The van der Waals surface area contributed by atoms with Crippen LogP contribution in [-0.4, -0.2) is 65.9 Å². The zero-order valence-corrected chi connectivity index (χ0v) is 18.8. The molecule has 1 aliphatic heterocycles. The van der Waals surface area contributed by atoms with E-state index in [-0.39, 0.29) is 29.1 Å². The summed E-state index contributed by atoms with van der Waals surface area (Å²) < 4.78 is 13.4. The molecule has 2 fully saturated rings. The number of carbonyl (C=O) groups is 2. The molecule has 1 N–H and O–H groups in total. The third kappa shape index (κ3) is 4.99. The van der Waals surface area contributed by atoms with Gasteiger partial charge in [-0.1, -0.05) is 19.1 Å². The maximum Gasteiger partial charge on any atom is 0.253 e. The standard InChI is InChI=1S/C25H31FN4O2/c1-25(24(32)30-14-12-29(2)13-15-30)10-8-21(9-11-25)28-23(31)19-6-7-22(27-17-19)18-4-3-5-20(26)16-18/h3-7,16-17,21H,8-15H2,1-2H3,(H,28,31)/t21-,25+. The molecule has 2 aromatic rings. The highest BCUT2D eigenvalue weighted by Gasteiger charge is 2.40. The molecule has 6 nitrogen and oxygen atoms in total. The van der Waals surface area contributed by atoms with Gasteiger partial charge < -0.3 is 15.1 Å². The zero-order valence-electron chi connectivity index (χ0n) is 18.8. The maximum absolute atomic E-state index is 13.4. The minimum Gasteiger partial charge on any atom is -0.349 e. The molecule has 1 saturated heterocycles. The van der Waals surface area contributed by atoms with Gasteiger partial charge in [0, 0.05) is 49.4 Å². The van der Waals surface area contributed by atoms with Crippen LogP contribution >= 0.6 is 0 Å². The van der Waals surface area contributed by atoms with Gasteiger partial charge in [0.25, 0.3) is 5.91 Å². The van der Waals surface area contributed by atoms with Crippen LogP contribution in [0.3, 0.4) is 0 Å². The number of hydrogen-bond donors (Lipinski definition) is 1. The largest absolute Gasteiger partial charge is 0.349 e. The Balaban J connectivity index is 1.31. The quantitative estimate of drug-likeness (QED) is 0.795. The van der Waals surface area contributed by atoms with Crippen molar-refractivity contribution in [1.29, 1.82) is 0 Å². The average Bonchev–Trinajstić information content (AvgIpc) is 2.81. The van der Waals surface area contributed by atoms with E-state index in [0.717, 1.165) is 51.9 Å². The molecule has 0 spiro atoms. The van der Waals surface area contributed by atoms with Crippen LogP contribution in [0.4, 0.5) is 4.39 Å². The summed E-state index contributed by atoms with van der Waals surface area (Å²) in [6.07, 6.45) is 4.66. The van der Waals surface area contributed by atoms with Gasteiger partial charge in [0.2, 0.25) is 5.91 Å². The smallest absolute Gasteiger partial charge is 0.253 e. The summed E-state index contributed by atoms with van der Waals surface area (Å²) in [6, 6.07) is 9.73. The van der Waals surface area contributed by atoms with Gasteiger partial charge in [-0.2, -0.15) is 0 Å². The fraction of sp³-hybridized carbons (Fsp3) is 0.480. The summed E-state index contributed by atoms with van der Waals surface area (Å²) in [5.74, 6) is -0.226. The normalized spacial score (nSPS) is 24.2. The second-order valence-corrected chi connectivity index (χ2v) is 9.35. The van der Waals surface area contributed by atoms with Gasteiger partial charge in [-0.3, -0.25) is 14.6 Å². The number of nitrogens with one attached hydrogen (secondary N) is 1. The van der Waals surface area contributed by atoms with Crippen molar-refractivity contribution in [2.75, 3.05) is 33.2 Å². The van der Waals surface area contributed by atoms with Gasteiger partial charge in [-0.05, 0) is 57.0 Å². The first kappa shape index (κ1) is 22.4. The Morgan fingerprint density at radius 1 is 1.09 bits per heavy atom. The zero-order chi connectivity index (χ0) is 22.7. The Labute approximate surface area is 188 Å². The Hall–Kier alpha value is -2.80. The number of pyridine rings is 1. The molecule has 170 valence electrons. The van der Waals surface area contributed by atoms with Crippen molar-refractivity contribution in [1.82, 2.24) is 20.1 Å². The monoisotopic (exact) mass is 438 g/mol. The van der Waals surface area contributed by atoms with Crippen molar-refractivity contribution >= 4 is 11.8 Å². The van der Waals surface area contributed by atoms with Crippen LogP contribution in [0, 0.1) is 11.2 Å². The highest BCUT2D eigenvalue weighted by molar-refractivity contribution is 5.94. The van der Waals surface area contributed by atoms with E-state index in [2.05, 4.69) is 29.2 Å². The summed E-state index contributed by atoms with van der Waals surface area (Å²) in [5, 5.41) is 3.10. The molecule has 7 heteroatoms. The van der Waals surface area contributed by atoms with Gasteiger partial charge in [0.05, 0.1) is 11.3 Å². The van der Waals surface area contributed by atoms with Crippen LogP contribution in [0.2, 0.25) is 0 Å². The van der Waals surface area contributed by atoms with Crippen LogP contribution in [0.5, 0.6) is 0 Å². The fourth-order valence-corrected chi connectivity index (χ4v) is 4.62. The van der Waals surface area contributed by atoms with Crippen molar-refractivity contribution in [3.8, 4) is 11.3 Å². The van der Waals surface area contributed by atoms with E-state index in [1.165, 1.54) is 18.3 Å². The molecular formula is C25H31FN4O2. The SMILES string of the molecule is CN1CCN(C(=O)[C@]2(C)CC[C@H](NC(=O)c3ccc(-c4cccc(F)c4)nc3)CC2)CC1. The summed E-state index contributed by atoms with van der Waals surface area (Å²) in [4.78, 5) is 34.4. The predicted molar refractivity (Wildman–Crippen MR) is 122 cm³/mol. The third-order valence-corrected chi connectivity index (χ3v) is 6.88. The highest BCUT2D eigenvalue weighted by Crippen LogP contribution is 2.38. The van der Waals surface area contributed by atoms with Gasteiger partial charge in [0.1, 0.15) is 5.82 Å². The summed E-state index contributed by atoms with van der Waals surface area (Å²) in [6.45, 7) is 5.51. The second-order valence-electron chi connectivity index (χ2n) is 9.35. The lowest BCUT2D eigenvalue weighted by Gasteiger charge is -2.42. The van der Waals surface area contributed by atoms with Gasteiger partial charge in [0.15, 0.2) is 0 Å². The number of likely N-dealkylation sites (N-methyl/N-ethyl adjacent to an activating group) is 1. The lowest BCUT2D eigenvalue weighted by Crippen LogP contribution is -2.53. The summed E-state index contributed by atoms with van der Waals surface area (Å²) in [7, 11) is 2.09. The Bertz CT molecular complexity index is 962. The lowest BCUT2D eigenvalue weighted by molar-refractivity contribution is -0.145. The van der Waals surface area contributed by atoms with Crippen molar-refractivity contribution < 1.29 is 14.0 Å². The number of aromatic nitrogens is 1. The van der Waals surface area contributed by atoms with E-state index in [0.29, 0.717) is 16.8 Å². The van der Waals surface area contributed by atoms with Crippen LogP contribution in [-0.2, 0) is 4.79 Å². The molecule has 1 saturated carbocycles. The highest BCUT2D eigenvalue weighted by atomic mass is 19.1. The predicted octanol–water partition coefficient (Wildman–Crippen LogP) is 3.34. The number of rotatable bonds is 4. The van der Waals surface area contributed by atoms with Crippen LogP contribution in [0.1, 0.15) is 43.0 Å². The molecule has 0 atom stereocenters. The molecule has 1 aromatic carbocycles. The topological polar surface area (TPSA) is 65.5 Å². The molecule has 0 radical (unpaired) electrons. The number of piperazine rings is 1. The third-order valence-electron chi connectivity index (χ3n) is 6.88. The molecule has 4 rings (SSSR count). The van der Waals surface area contributed by atoms with Crippen LogP contribution in [0.15, 0.2) is 42.6 Å². The summed E-state index contributed by atoms with van der Waals surface area (Å²) in [5.41, 5.74) is 1.43. The number of carbonyl (C=O) groups excluding carboxylic acids is 2. The lowest BCUT2D eigenvalue weighted by atomic mass is 9.73. The molecule has 1 aromatic heterocycles. The van der Waals surface area contributed by atoms with Gasteiger partial charge >= 0.3 is 0 Å². The first-order chi connectivity index (χ1) is 15.3. The number of hydrogen-bond acceptors (Lipinski definition) is 4. The molecule has 2 aliphatic rings. The van der Waals surface area contributed by atoms with Crippen LogP contribution in [0.25, 0.3) is 11.3 Å². The van der Waals surface area contributed by atoms with Crippen molar-refractivity contribution in [3.63, 3.8) is 0 Å². The van der Waals surface area contributed by atoms with E-state index >= 15 is 0 Å². The minimum absolute atomic E-state index is 0.0544. The average molecular weight is 439 g/mol. The van der Waals surface area contributed by atoms with E-state index < -0.39 is 0 Å². The van der Waals surface area contributed by atoms with E-state index in [4.69, 9.17) is 0 Å².